The van der Waals surface area contributed by atoms with Crippen LogP contribution in [-0.4, -0.2) is 26.9 Å². The predicted molar refractivity (Wildman–Crippen MR) is 114 cm³/mol. The number of H-pyrrole nitrogens is 1. The zero-order chi connectivity index (χ0) is 22.5. The number of ether oxygens (including phenoxy) is 2. The first-order valence-electron chi connectivity index (χ1n) is 9.67. The minimum atomic E-state index is -4.43. The normalized spacial score (nSPS) is 11.9. The van der Waals surface area contributed by atoms with Crippen molar-refractivity contribution in [3.8, 4) is 28.8 Å². The topological polar surface area (TPSA) is 65.0 Å². The Hall–Kier alpha value is -4.01. The lowest BCUT2D eigenvalue weighted by Gasteiger charge is -2.07. The van der Waals surface area contributed by atoms with E-state index in [0.717, 1.165) is 28.8 Å². The molecule has 1 N–H and O–H groups in total. The highest BCUT2D eigenvalue weighted by Crippen LogP contribution is 2.35. The van der Waals surface area contributed by atoms with Crippen LogP contribution in [-0.2, 0) is 13.2 Å². The Morgan fingerprint density at radius 2 is 1.62 bits per heavy atom. The molecule has 0 atom stereocenters. The minimum absolute atomic E-state index is 0.249. The number of rotatable bonds is 4. The molecule has 0 aliphatic carbocycles. The van der Waals surface area contributed by atoms with E-state index in [9.17, 15) is 13.2 Å². The van der Waals surface area contributed by atoms with Crippen molar-refractivity contribution in [3.63, 3.8) is 0 Å². The molecule has 2 aromatic heterocycles. The molecule has 32 heavy (non-hydrogen) atoms. The Balaban J connectivity index is 1.56. The Morgan fingerprint density at radius 3 is 2.34 bits per heavy atom. The van der Waals surface area contributed by atoms with E-state index in [4.69, 9.17) is 9.47 Å². The van der Waals surface area contributed by atoms with Gasteiger partial charge in [-0.3, -0.25) is 5.10 Å². The van der Waals surface area contributed by atoms with Crippen LogP contribution < -0.4 is 9.47 Å². The van der Waals surface area contributed by atoms with E-state index in [-0.39, 0.29) is 5.52 Å². The maximum absolute atomic E-state index is 13.1. The number of halogens is 3. The van der Waals surface area contributed by atoms with Gasteiger partial charge in [0.25, 0.3) is 0 Å². The molecule has 3 aromatic carbocycles. The fraction of sp³-hybridized carbons (Fsp3) is 0.130. The smallest absolute Gasteiger partial charge is 0.416 e. The van der Waals surface area contributed by atoms with Gasteiger partial charge in [0.1, 0.15) is 22.9 Å². The third-order valence-electron chi connectivity index (χ3n) is 5.25. The lowest BCUT2D eigenvalue weighted by Crippen LogP contribution is -2.04. The van der Waals surface area contributed by atoms with E-state index in [1.54, 1.807) is 49.1 Å². The van der Waals surface area contributed by atoms with Crippen molar-refractivity contribution in [3.05, 3.63) is 66.2 Å². The molecule has 0 spiro atoms. The van der Waals surface area contributed by atoms with Crippen molar-refractivity contribution in [2.75, 3.05) is 7.11 Å². The standard InChI is InChI=1S/C23H17F3N4O2/c1-30-20-10-3-13(23(24,25)26)11-19(20)27-22(30)21-17-12-16(8-9-18(17)28-29-21)32-15-6-4-14(31-2)5-7-15/h3-12H,1-2H3,(H,28,29). The Bertz CT molecular complexity index is 1440. The number of methoxy groups -OCH3 is 1. The first kappa shape index (κ1) is 19.9. The fourth-order valence-electron chi connectivity index (χ4n) is 3.59. The van der Waals surface area contributed by atoms with Crippen molar-refractivity contribution in [1.29, 1.82) is 0 Å². The minimum Gasteiger partial charge on any atom is -0.497 e. The maximum atomic E-state index is 13.1. The number of hydrogen-bond donors (Lipinski definition) is 1. The average Bonchev–Trinajstić information content (AvgIpc) is 3.34. The van der Waals surface area contributed by atoms with Gasteiger partial charge < -0.3 is 14.0 Å². The first-order chi connectivity index (χ1) is 15.3. The van der Waals surface area contributed by atoms with Gasteiger partial charge in [-0.25, -0.2) is 4.98 Å². The molecule has 5 rings (SSSR count). The van der Waals surface area contributed by atoms with Crippen LogP contribution in [0.1, 0.15) is 5.56 Å². The molecule has 2 heterocycles. The second-order valence-corrected chi connectivity index (χ2v) is 7.25. The SMILES string of the molecule is COc1ccc(Oc2ccc3[nH]nc(-c4nc5cc(C(F)(F)F)ccc5n4C)c3c2)cc1. The van der Waals surface area contributed by atoms with Gasteiger partial charge in [-0.15, -0.1) is 0 Å². The number of fused-ring (bicyclic) bond motifs is 2. The van der Waals surface area contributed by atoms with E-state index in [2.05, 4.69) is 15.2 Å². The molecule has 0 aliphatic heterocycles. The second kappa shape index (κ2) is 7.30. The fourth-order valence-corrected chi connectivity index (χ4v) is 3.59. The number of nitrogens with one attached hydrogen (secondary N) is 1. The highest BCUT2D eigenvalue weighted by Gasteiger charge is 2.31. The lowest BCUT2D eigenvalue weighted by atomic mass is 10.2. The van der Waals surface area contributed by atoms with Crippen LogP contribution in [0, 0.1) is 0 Å². The van der Waals surface area contributed by atoms with Crippen molar-refractivity contribution >= 4 is 21.9 Å². The summed E-state index contributed by atoms with van der Waals surface area (Å²) < 4.78 is 52.1. The number of aromatic amines is 1. The molecule has 5 aromatic rings. The number of aryl methyl sites for hydroxylation is 1. The van der Waals surface area contributed by atoms with E-state index < -0.39 is 11.7 Å². The molecule has 0 bridgehead atoms. The molecule has 0 saturated carbocycles. The molecule has 0 amide bonds. The van der Waals surface area contributed by atoms with Crippen molar-refractivity contribution < 1.29 is 22.6 Å². The largest absolute Gasteiger partial charge is 0.497 e. The molecule has 162 valence electrons. The van der Waals surface area contributed by atoms with Gasteiger partial charge in [0, 0.05) is 12.4 Å². The average molecular weight is 438 g/mol. The number of hydrogen-bond acceptors (Lipinski definition) is 4. The first-order valence-corrected chi connectivity index (χ1v) is 9.67. The summed E-state index contributed by atoms with van der Waals surface area (Å²) in [5, 5.41) is 8.05. The highest BCUT2D eigenvalue weighted by atomic mass is 19.4. The molecule has 0 aliphatic rings. The Labute approximate surface area is 180 Å². The summed E-state index contributed by atoms with van der Waals surface area (Å²) in [5.41, 5.74) is 1.36. The van der Waals surface area contributed by atoms with Gasteiger partial charge in [0.2, 0.25) is 0 Å². The molecule has 0 unspecified atom stereocenters. The Morgan fingerprint density at radius 1 is 0.906 bits per heavy atom. The van der Waals surface area contributed by atoms with Gasteiger partial charge >= 0.3 is 6.18 Å². The molecular weight excluding hydrogens is 421 g/mol. The third-order valence-corrected chi connectivity index (χ3v) is 5.25. The van der Waals surface area contributed by atoms with Crippen LogP contribution >= 0.6 is 0 Å². The van der Waals surface area contributed by atoms with Crippen LogP contribution in [0.5, 0.6) is 17.2 Å². The molecule has 0 fully saturated rings. The van der Waals surface area contributed by atoms with Gasteiger partial charge in [-0.1, -0.05) is 0 Å². The van der Waals surface area contributed by atoms with Crippen molar-refractivity contribution in [1.82, 2.24) is 19.7 Å². The third kappa shape index (κ3) is 3.41. The van der Waals surface area contributed by atoms with Crippen LogP contribution in [0.25, 0.3) is 33.5 Å². The van der Waals surface area contributed by atoms with Gasteiger partial charge in [0.05, 0.1) is 29.2 Å². The summed E-state index contributed by atoms with van der Waals surface area (Å²) >= 11 is 0. The van der Waals surface area contributed by atoms with Crippen LogP contribution in [0.2, 0.25) is 0 Å². The van der Waals surface area contributed by atoms with E-state index in [1.807, 2.05) is 12.1 Å². The maximum Gasteiger partial charge on any atom is 0.416 e. The van der Waals surface area contributed by atoms with E-state index in [1.165, 1.54) is 6.07 Å². The van der Waals surface area contributed by atoms with Gasteiger partial charge in [-0.2, -0.15) is 18.3 Å². The summed E-state index contributed by atoms with van der Waals surface area (Å²) in [4.78, 5) is 4.44. The number of nitrogens with zero attached hydrogens (tertiary/aromatic N) is 3. The zero-order valence-electron chi connectivity index (χ0n) is 17.1. The summed E-state index contributed by atoms with van der Waals surface area (Å²) in [7, 11) is 3.34. The highest BCUT2D eigenvalue weighted by molar-refractivity contribution is 5.94. The van der Waals surface area contributed by atoms with E-state index in [0.29, 0.717) is 28.5 Å². The molecule has 0 saturated heterocycles. The van der Waals surface area contributed by atoms with Gasteiger partial charge in [0.15, 0.2) is 5.82 Å². The number of benzene rings is 3. The van der Waals surface area contributed by atoms with Crippen LogP contribution in [0.15, 0.2) is 60.7 Å². The summed E-state index contributed by atoms with van der Waals surface area (Å²) in [6.07, 6.45) is -4.43. The van der Waals surface area contributed by atoms with E-state index >= 15 is 0 Å². The van der Waals surface area contributed by atoms with Crippen molar-refractivity contribution in [2.45, 2.75) is 6.18 Å². The summed E-state index contributed by atoms with van der Waals surface area (Å²) in [6.45, 7) is 0. The number of aromatic nitrogens is 4. The zero-order valence-corrected chi connectivity index (χ0v) is 17.1. The second-order valence-electron chi connectivity index (χ2n) is 7.25. The summed E-state index contributed by atoms with van der Waals surface area (Å²) in [5.74, 6) is 2.40. The summed E-state index contributed by atoms with van der Waals surface area (Å²) in [6, 6.07) is 16.2. The molecule has 6 nitrogen and oxygen atoms in total. The van der Waals surface area contributed by atoms with Gasteiger partial charge in [-0.05, 0) is 60.7 Å². The molecular formula is C23H17F3N4O2. The van der Waals surface area contributed by atoms with Crippen molar-refractivity contribution in [2.24, 2.45) is 7.05 Å². The number of alkyl halides is 3. The quantitative estimate of drug-likeness (QED) is 0.377. The van der Waals surface area contributed by atoms with Crippen LogP contribution in [0.4, 0.5) is 13.2 Å². The predicted octanol–water partition coefficient (Wildman–Crippen LogP) is 5.94. The molecule has 0 radical (unpaired) electrons. The Kier molecular flexibility index (Phi) is 4.54. The molecule has 9 heteroatoms. The van der Waals surface area contributed by atoms with Crippen LogP contribution in [0.3, 0.4) is 0 Å². The monoisotopic (exact) mass is 438 g/mol. The lowest BCUT2D eigenvalue weighted by molar-refractivity contribution is -0.137. The number of imidazole rings is 1.